The maximum atomic E-state index is 12.0. The maximum absolute atomic E-state index is 12.0. The second-order valence-corrected chi connectivity index (χ2v) is 11.8. The monoisotopic (exact) mass is 650 g/mol. The normalized spacial score (nSPS) is 11.4. The molecule has 0 aromatic heterocycles. The van der Waals surface area contributed by atoms with Crippen molar-refractivity contribution in [3.8, 4) is 0 Å². The molecule has 0 heterocycles. The van der Waals surface area contributed by atoms with Gasteiger partial charge in [-0.15, -0.1) is 0 Å². The van der Waals surface area contributed by atoms with Gasteiger partial charge in [-0.3, -0.25) is 19.2 Å². The van der Waals surface area contributed by atoms with Crippen molar-refractivity contribution in [3.63, 3.8) is 0 Å². The van der Waals surface area contributed by atoms with Crippen LogP contribution in [0.4, 0.5) is 0 Å². The van der Waals surface area contributed by atoms with E-state index in [1.807, 2.05) is 34.4 Å². The zero-order valence-electron chi connectivity index (χ0n) is 28.0. The zero-order valence-corrected chi connectivity index (χ0v) is 28.8. The van der Waals surface area contributed by atoms with Gasteiger partial charge in [-0.1, -0.05) is 0 Å². The number of likely N-dealkylation sites (N-methyl/N-ethyl adjacent to an activating group) is 4. The topological polar surface area (TPSA) is 127 Å². The molecule has 0 bridgehead atoms. The number of ether oxygens (including phenoxy) is 5. The van der Waals surface area contributed by atoms with Crippen molar-refractivity contribution >= 4 is 35.6 Å². The van der Waals surface area contributed by atoms with Crippen LogP contribution in [0.3, 0.4) is 0 Å². The molecule has 44 heavy (non-hydrogen) atoms. The van der Waals surface area contributed by atoms with Crippen molar-refractivity contribution < 1.29 is 42.9 Å². The molecule has 0 N–H and O–H groups in total. The second kappa shape index (κ2) is 28.5. The van der Waals surface area contributed by atoms with Gasteiger partial charge >= 0.3 is 23.9 Å². The van der Waals surface area contributed by atoms with E-state index in [4.69, 9.17) is 23.7 Å². The largest absolute Gasteiger partial charge is 0.466 e. The highest BCUT2D eigenvalue weighted by Gasteiger charge is 2.11. The van der Waals surface area contributed by atoms with Crippen molar-refractivity contribution in [2.75, 3.05) is 133 Å². The van der Waals surface area contributed by atoms with Crippen LogP contribution >= 0.6 is 11.8 Å². The van der Waals surface area contributed by atoms with Crippen LogP contribution in [0, 0.1) is 0 Å². The van der Waals surface area contributed by atoms with Crippen LogP contribution in [-0.4, -0.2) is 176 Å². The summed E-state index contributed by atoms with van der Waals surface area (Å²) in [6.07, 6.45) is 4.54. The Morgan fingerprint density at radius 3 is 1.11 bits per heavy atom. The Labute approximate surface area is 269 Å². The van der Waals surface area contributed by atoms with Crippen LogP contribution in [0.5, 0.6) is 0 Å². The number of unbranched alkanes of at least 4 members (excludes halogenated alkanes) is 1. The van der Waals surface area contributed by atoms with Crippen LogP contribution < -0.4 is 0 Å². The van der Waals surface area contributed by atoms with Gasteiger partial charge in [0.15, 0.2) is 0 Å². The van der Waals surface area contributed by atoms with E-state index in [0.29, 0.717) is 91.1 Å². The quantitative estimate of drug-likeness (QED) is 0.0654. The molecule has 0 unspecified atom stereocenters. The molecule has 0 aliphatic heterocycles. The molecule has 0 aromatic rings. The molecule has 0 fully saturated rings. The van der Waals surface area contributed by atoms with Crippen LogP contribution in [0.25, 0.3) is 0 Å². The lowest BCUT2D eigenvalue weighted by Gasteiger charge is -2.21. The molecule has 0 saturated heterocycles. The molecule has 13 nitrogen and oxygen atoms in total. The third kappa shape index (κ3) is 27.6. The molecule has 0 atom stereocenters. The SMILES string of the molecule is COCCOC(=O)CCN(C)CCN(C)CCC(=O)OCCCCOC(=O)CCN(C)CCN(C)CCC(=O)OCCSC. The van der Waals surface area contributed by atoms with E-state index in [1.54, 1.807) is 18.9 Å². The number of thioether (sulfide) groups is 1. The molecule has 0 rings (SSSR count). The Bertz CT molecular complexity index is 717. The Morgan fingerprint density at radius 2 is 0.795 bits per heavy atom. The summed E-state index contributed by atoms with van der Waals surface area (Å²) in [4.78, 5) is 55.7. The first-order chi connectivity index (χ1) is 21.1. The number of rotatable bonds is 29. The van der Waals surface area contributed by atoms with E-state index in [1.165, 1.54) is 0 Å². The maximum Gasteiger partial charge on any atom is 0.307 e. The highest BCUT2D eigenvalue weighted by Crippen LogP contribution is 2.00. The lowest BCUT2D eigenvalue weighted by Crippen LogP contribution is -2.33. The minimum Gasteiger partial charge on any atom is -0.466 e. The summed E-state index contributed by atoms with van der Waals surface area (Å²) in [7, 11) is 9.37. The first-order valence-electron chi connectivity index (χ1n) is 15.4. The summed E-state index contributed by atoms with van der Waals surface area (Å²) in [6, 6.07) is 0. The van der Waals surface area contributed by atoms with Crippen molar-refractivity contribution in [1.82, 2.24) is 19.6 Å². The van der Waals surface area contributed by atoms with Crippen molar-refractivity contribution in [2.45, 2.75) is 38.5 Å². The smallest absolute Gasteiger partial charge is 0.307 e. The first-order valence-corrected chi connectivity index (χ1v) is 16.8. The number of esters is 4. The van der Waals surface area contributed by atoms with Crippen molar-refractivity contribution in [3.05, 3.63) is 0 Å². The van der Waals surface area contributed by atoms with E-state index in [9.17, 15) is 19.2 Å². The molecule has 0 amide bonds. The first kappa shape index (κ1) is 42.0. The fourth-order valence-electron chi connectivity index (χ4n) is 3.60. The zero-order chi connectivity index (χ0) is 33.0. The summed E-state index contributed by atoms with van der Waals surface area (Å²) in [5.41, 5.74) is 0. The van der Waals surface area contributed by atoms with Gasteiger partial charge in [0.1, 0.15) is 13.2 Å². The summed E-state index contributed by atoms with van der Waals surface area (Å²) < 4.78 is 25.7. The summed E-state index contributed by atoms with van der Waals surface area (Å²) in [5.74, 6) is -0.0960. The number of methoxy groups -OCH3 is 1. The number of nitrogens with zero attached hydrogens (tertiary/aromatic N) is 4. The van der Waals surface area contributed by atoms with Gasteiger partial charge < -0.3 is 43.3 Å². The highest BCUT2D eigenvalue weighted by atomic mass is 32.2. The van der Waals surface area contributed by atoms with Crippen LogP contribution in [-0.2, 0) is 42.9 Å². The molecule has 0 saturated carbocycles. The molecule has 14 heteroatoms. The van der Waals surface area contributed by atoms with Crippen LogP contribution in [0.2, 0.25) is 0 Å². The Balaban J connectivity index is 3.73. The van der Waals surface area contributed by atoms with Gasteiger partial charge in [0.05, 0.1) is 45.5 Å². The summed E-state index contributed by atoms with van der Waals surface area (Å²) in [6.45, 7) is 7.22. The standard InChI is InChI=1S/C30H58N4O9S/c1-31(17-19-33(3)15-11-29(37)42-24-23-39-5)13-9-27(35)40-21-7-8-22-41-28(36)10-14-32(2)18-20-34(4)16-12-30(38)43-25-26-44-6/h7-26H2,1-6H3. The van der Waals surface area contributed by atoms with Gasteiger partial charge in [-0.25, -0.2) is 0 Å². The fraction of sp³-hybridized carbons (Fsp3) is 0.867. The predicted octanol–water partition coefficient (Wildman–Crippen LogP) is 1.24. The van der Waals surface area contributed by atoms with E-state index in [2.05, 4.69) is 19.6 Å². The van der Waals surface area contributed by atoms with Gasteiger partial charge in [-0.2, -0.15) is 11.8 Å². The van der Waals surface area contributed by atoms with Crippen LogP contribution in [0.15, 0.2) is 0 Å². The van der Waals surface area contributed by atoms with E-state index in [-0.39, 0.29) is 30.5 Å². The molecule has 0 spiro atoms. The van der Waals surface area contributed by atoms with Gasteiger partial charge in [0, 0.05) is 65.2 Å². The summed E-state index contributed by atoms with van der Waals surface area (Å²) in [5, 5.41) is 0. The average molecular weight is 651 g/mol. The van der Waals surface area contributed by atoms with Crippen molar-refractivity contribution in [2.24, 2.45) is 0 Å². The minimum absolute atomic E-state index is 0.173. The number of hydrogen-bond donors (Lipinski definition) is 0. The Kier molecular flexibility index (Phi) is 27.2. The number of carbonyl (C=O) groups excluding carboxylic acids is 4. The molecular formula is C30H58N4O9S. The highest BCUT2D eigenvalue weighted by molar-refractivity contribution is 7.98. The van der Waals surface area contributed by atoms with Gasteiger partial charge in [0.2, 0.25) is 0 Å². The van der Waals surface area contributed by atoms with Crippen molar-refractivity contribution in [1.29, 1.82) is 0 Å². The van der Waals surface area contributed by atoms with Gasteiger partial charge in [0.25, 0.3) is 0 Å². The van der Waals surface area contributed by atoms with Gasteiger partial charge in [-0.05, 0) is 47.3 Å². The predicted molar refractivity (Wildman–Crippen MR) is 172 cm³/mol. The Hall–Kier alpha value is -1.97. The molecule has 0 radical (unpaired) electrons. The summed E-state index contributed by atoms with van der Waals surface area (Å²) >= 11 is 1.65. The minimum atomic E-state index is -0.249. The van der Waals surface area contributed by atoms with E-state index >= 15 is 0 Å². The number of carbonyl (C=O) groups is 4. The molecule has 0 aliphatic carbocycles. The third-order valence-corrected chi connectivity index (χ3v) is 7.26. The lowest BCUT2D eigenvalue weighted by molar-refractivity contribution is -0.146. The van der Waals surface area contributed by atoms with Crippen LogP contribution in [0.1, 0.15) is 38.5 Å². The lowest BCUT2D eigenvalue weighted by atomic mass is 10.3. The van der Waals surface area contributed by atoms with E-state index in [0.717, 1.165) is 31.9 Å². The molecular weight excluding hydrogens is 592 g/mol. The Morgan fingerprint density at radius 1 is 0.477 bits per heavy atom. The second-order valence-electron chi connectivity index (χ2n) is 10.8. The molecule has 258 valence electrons. The third-order valence-electron chi connectivity index (χ3n) is 6.68. The molecule has 0 aromatic carbocycles. The van der Waals surface area contributed by atoms with E-state index < -0.39 is 0 Å². The fourth-order valence-corrected chi connectivity index (χ4v) is 3.85. The number of hydrogen-bond acceptors (Lipinski definition) is 14. The molecule has 0 aliphatic rings. The average Bonchev–Trinajstić information content (AvgIpc) is 3.00.